The standard InChI is InChI=1S/C20H26N4O2S/c1-4-14(5-2)20(26)24-12-6-7-16(24)18-22-23-19(27-18)17(25)21-15-10-8-13(3)9-11-15/h8-11,14,16H,4-7,12H2,1-3H3,(H,21,25)/t16-/m0/s1. The molecule has 6 nitrogen and oxygen atoms in total. The SMILES string of the molecule is CCC(CC)C(=O)N1CCC[C@H]1c1nnc(C(=O)Nc2ccc(C)cc2)s1. The predicted molar refractivity (Wildman–Crippen MR) is 107 cm³/mol. The quantitative estimate of drug-likeness (QED) is 0.807. The lowest BCUT2D eigenvalue weighted by Gasteiger charge is -2.26. The average Bonchev–Trinajstić information content (AvgIpc) is 3.33. The summed E-state index contributed by atoms with van der Waals surface area (Å²) in [6.07, 6.45) is 3.53. The average molecular weight is 387 g/mol. The summed E-state index contributed by atoms with van der Waals surface area (Å²) in [4.78, 5) is 27.2. The first kappa shape index (κ1) is 19.5. The fourth-order valence-corrected chi connectivity index (χ4v) is 4.33. The summed E-state index contributed by atoms with van der Waals surface area (Å²) < 4.78 is 0. The highest BCUT2D eigenvalue weighted by Gasteiger charge is 2.35. The molecule has 1 aromatic heterocycles. The molecule has 1 aliphatic heterocycles. The van der Waals surface area contributed by atoms with Gasteiger partial charge in [-0.25, -0.2) is 0 Å². The summed E-state index contributed by atoms with van der Waals surface area (Å²) in [5.41, 5.74) is 1.86. The van der Waals surface area contributed by atoms with E-state index in [0.717, 1.165) is 48.5 Å². The molecule has 0 bridgehead atoms. The summed E-state index contributed by atoms with van der Waals surface area (Å²) in [6.45, 7) is 6.86. The van der Waals surface area contributed by atoms with Crippen LogP contribution in [0.3, 0.4) is 0 Å². The highest BCUT2D eigenvalue weighted by atomic mass is 32.1. The van der Waals surface area contributed by atoms with Crippen LogP contribution < -0.4 is 5.32 Å². The zero-order chi connectivity index (χ0) is 19.4. The molecule has 2 amide bonds. The van der Waals surface area contributed by atoms with Crippen LogP contribution in [0.4, 0.5) is 5.69 Å². The number of hydrogen-bond acceptors (Lipinski definition) is 5. The zero-order valence-electron chi connectivity index (χ0n) is 16.1. The van der Waals surface area contributed by atoms with Crippen molar-refractivity contribution in [2.45, 2.75) is 52.5 Å². The first-order chi connectivity index (χ1) is 13.0. The number of amides is 2. The molecule has 27 heavy (non-hydrogen) atoms. The molecule has 1 aliphatic rings. The van der Waals surface area contributed by atoms with Crippen molar-refractivity contribution in [2.75, 3.05) is 11.9 Å². The molecule has 144 valence electrons. The lowest BCUT2D eigenvalue weighted by Crippen LogP contribution is -2.35. The molecule has 0 spiro atoms. The van der Waals surface area contributed by atoms with Gasteiger partial charge >= 0.3 is 0 Å². The van der Waals surface area contributed by atoms with E-state index in [0.29, 0.717) is 5.01 Å². The van der Waals surface area contributed by atoms with E-state index in [4.69, 9.17) is 0 Å². The maximum Gasteiger partial charge on any atom is 0.286 e. The monoisotopic (exact) mass is 386 g/mol. The Morgan fingerprint density at radius 1 is 1.22 bits per heavy atom. The van der Waals surface area contributed by atoms with Crippen molar-refractivity contribution in [2.24, 2.45) is 5.92 Å². The van der Waals surface area contributed by atoms with Crippen LogP contribution in [0.5, 0.6) is 0 Å². The van der Waals surface area contributed by atoms with E-state index in [-0.39, 0.29) is 23.8 Å². The summed E-state index contributed by atoms with van der Waals surface area (Å²) in [5.74, 6) is -0.00958. The van der Waals surface area contributed by atoms with Gasteiger partial charge in [-0.2, -0.15) is 0 Å². The molecule has 2 aromatic rings. The fourth-order valence-electron chi connectivity index (χ4n) is 3.44. The molecule has 0 unspecified atom stereocenters. The topological polar surface area (TPSA) is 75.2 Å². The number of aryl methyl sites for hydroxylation is 1. The third kappa shape index (κ3) is 4.35. The smallest absolute Gasteiger partial charge is 0.286 e. The number of carbonyl (C=O) groups is 2. The highest BCUT2D eigenvalue weighted by Crippen LogP contribution is 2.35. The Morgan fingerprint density at radius 2 is 1.93 bits per heavy atom. The number of carbonyl (C=O) groups excluding carboxylic acids is 2. The molecule has 1 aromatic carbocycles. The molecular weight excluding hydrogens is 360 g/mol. The van der Waals surface area contributed by atoms with Gasteiger partial charge in [0.25, 0.3) is 5.91 Å². The first-order valence-electron chi connectivity index (χ1n) is 9.55. The molecule has 7 heteroatoms. The molecule has 1 saturated heterocycles. The largest absolute Gasteiger partial charge is 0.333 e. The molecular formula is C20H26N4O2S. The summed E-state index contributed by atoms with van der Waals surface area (Å²) in [7, 11) is 0. The van der Waals surface area contributed by atoms with Crippen LogP contribution in [-0.4, -0.2) is 33.5 Å². The molecule has 1 fully saturated rings. The van der Waals surface area contributed by atoms with E-state index in [1.807, 2.05) is 36.1 Å². The van der Waals surface area contributed by atoms with Crippen molar-refractivity contribution < 1.29 is 9.59 Å². The van der Waals surface area contributed by atoms with Crippen LogP contribution in [-0.2, 0) is 4.79 Å². The number of nitrogens with one attached hydrogen (secondary N) is 1. The van der Waals surface area contributed by atoms with E-state index in [9.17, 15) is 9.59 Å². The van der Waals surface area contributed by atoms with Crippen molar-refractivity contribution in [3.05, 3.63) is 39.8 Å². The predicted octanol–water partition coefficient (Wildman–Crippen LogP) is 4.20. The van der Waals surface area contributed by atoms with Gasteiger partial charge < -0.3 is 10.2 Å². The second-order valence-corrected chi connectivity index (χ2v) is 7.98. The maximum absolute atomic E-state index is 12.8. The van der Waals surface area contributed by atoms with Gasteiger partial charge in [-0.3, -0.25) is 9.59 Å². The molecule has 0 saturated carbocycles. The van der Waals surface area contributed by atoms with Gasteiger partial charge in [0.2, 0.25) is 10.9 Å². The molecule has 2 heterocycles. The van der Waals surface area contributed by atoms with Gasteiger partial charge in [0.15, 0.2) is 0 Å². The van der Waals surface area contributed by atoms with Crippen LogP contribution in [0.2, 0.25) is 0 Å². The van der Waals surface area contributed by atoms with Crippen molar-refractivity contribution in [3.8, 4) is 0 Å². The van der Waals surface area contributed by atoms with Gasteiger partial charge in [-0.1, -0.05) is 42.9 Å². The number of hydrogen-bond donors (Lipinski definition) is 1. The lowest BCUT2D eigenvalue weighted by molar-refractivity contribution is -0.136. The zero-order valence-corrected chi connectivity index (χ0v) is 16.9. The van der Waals surface area contributed by atoms with E-state index in [2.05, 4.69) is 29.4 Å². The molecule has 1 N–H and O–H groups in total. The Balaban J connectivity index is 1.71. The minimum atomic E-state index is -0.265. The number of likely N-dealkylation sites (tertiary alicyclic amines) is 1. The summed E-state index contributed by atoms with van der Waals surface area (Å²) in [5, 5.41) is 12.2. The van der Waals surface area contributed by atoms with Crippen molar-refractivity contribution in [1.29, 1.82) is 0 Å². The van der Waals surface area contributed by atoms with Crippen LogP contribution >= 0.6 is 11.3 Å². The first-order valence-corrected chi connectivity index (χ1v) is 10.4. The van der Waals surface area contributed by atoms with E-state index < -0.39 is 0 Å². The van der Waals surface area contributed by atoms with Crippen molar-refractivity contribution >= 4 is 28.8 Å². The minimum Gasteiger partial charge on any atom is -0.333 e. The second-order valence-electron chi connectivity index (χ2n) is 6.97. The van der Waals surface area contributed by atoms with Gasteiger partial charge in [0, 0.05) is 18.2 Å². The second kappa shape index (κ2) is 8.61. The van der Waals surface area contributed by atoms with Gasteiger partial charge in [0.05, 0.1) is 6.04 Å². The molecule has 1 atom stereocenters. The Kier molecular flexibility index (Phi) is 6.21. The third-order valence-electron chi connectivity index (χ3n) is 5.10. The van der Waals surface area contributed by atoms with Crippen molar-refractivity contribution in [1.82, 2.24) is 15.1 Å². The summed E-state index contributed by atoms with van der Waals surface area (Å²) in [6, 6.07) is 7.56. The highest BCUT2D eigenvalue weighted by molar-refractivity contribution is 7.13. The number of benzene rings is 1. The van der Waals surface area contributed by atoms with Gasteiger partial charge in [-0.05, 0) is 44.7 Å². The summed E-state index contributed by atoms with van der Waals surface area (Å²) >= 11 is 1.28. The van der Waals surface area contributed by atoms with E-state index >= 15 is 0 Å². The number of nitrogens with zero attached hydrogens (tertiary/aromatic N) is 3. The fraction of sp³-hybridized carbons (Fsp3) is 0.500. The number of rotatable bonds is 6. The van der Waals surface area contributed by atoms with Crippen LogP contribution in [0, 0.1) is 12.8 Å². The Hall–Kier alpha value is -2.28. The van der Waals surface area contributed by atoms with Gasteiger partial charge in [0.1, 0.15) is 5.01 Å². The molecule has 3 rings (SSSR count). The Morgan fingerprint density at radius 3 is 2.59 bits per heavy atom. The lowest BCUT2D eigenvalue weighted by atomic mass is 10.0. The normalized spacial score (nSPS) is 16.7. The van der Waals surface area contributed by atoms with Crippen molar-refractivity contribution in [3.63, 3.8) is 0 Å². The number of aromatic nitrogens is 2. The van der Waals surface area contributed by atoms with Gasteiger partial charge in [-0.15, -0.1) is 10.2 Å². The van der Waals surface area contributed by atoms with Crippen LogP contribution in [0.1, 0.15) is 65.9 Å². The molecule has 0 radical (unpaired) electrons. The minimum absolute atomic E-state index is 0.0582. The van der Waals surface area contributed by atoms with E-state index in [1.54, 1.807) is 0 Å². The Bertz CT molecular complexity index is 799. The number of anilines is 1. The van der Waals surface area contributed by atoms with E-state index in [1.165, 1.54) is 11.3 Å². The van der Waals surface area contributed by atoms with Crippen LogP contribution in [0.15, 0.2) is 24.3 Å². The molecule has 0 aliphatic carbocycles. The maximum atomic E-state index is 12.8. The third-order valence-corrected chi connectivity index (χ3v) is 6.12. The Labute approximate surface area is 164 Å². The van der Waals surface area contributed by atoms with Crippen LogP contribution in [0.25, 0.3) is 0 Å².